The normalized spacial score (nSPS) is 12.0. The minimum Gasteiger partial charge on any atom is -0.478 e. The van der Waals surface area contributed by atoms with Gasteiger partial charge in [0, 0.05) is 29.3 Å². The summed E-state index contributed by atoms with van der Waals surface area (Å²) in [5.74, 6) is -0.137. The molecule has 0 spiro atoms. The Balaban J connectivity index is 1.94. The Morgan fingerprint density at radius 1 is 1.11 bits per heavy atom. The average Bonchev–Trinajstić information content (AvgIpc) is 2.83. The van der Waals surface area contributed by atoms with Gasteiger partial charge >= 0.3 is 11.9 Å². The number of H-pyrrole nitrogens is 1. The smallest absolute Gasteiger partial charge is 0.400 e. The van der Waals surface area contributed by atoms with E-state index < -0.39 is 23.1 Å². The van der Waals surface area contributed by atoms with Crippen LogP contribution in [0.5, 0.6) is 5.88 Å². The maximum atomic E-state index is 13.2. The lowest BCUT2D eigenvalue weighted by Gasteiger charge is -2.26. The molecule has 0 fully saturated rings. The van der Waals surface area contributed by atoms with Crippen LogP contribution in [0.1, 0.15) is 51.7 Å². The van der Waals surface area contributed by atoms with Crippen LogP contribution in [0.3, 0.4) is 0 Å². The quantitative estimate of drug-likeness (QED) is 0.342. The number of carbonyl (C=O) groups is 1. The number of halogens is 4. The van der Waals surface area contributed by atoms with Gasteiger partial charge < -0.3 is 4.74 Å². The predicted molar refractivity (Wildman–Crippen MR) is 135 cm³/mol. The van der Waals surface area contributed by atoms with Gasteiger partial charge in [-0.1, -0.05) is 31.0 Å². The van der Waals surface area contributed by atoms with Crippen molar-refractivity contribution in [2.75, 3.05) is 6.61 Å². The van der Waals surface area contributed by atoms with Crippen LogP contribution in [0.4, 0.5) is 13.2 Å². The van der Waals surface area contributed by atoms with Crippen LogP contribution in [-0.4, -0.2) is 38.5 Å². The van der Waals surface area contributed by atoms with Gasteiger partial charge in [0.05, 0.1) is 11.6 Å². The zero-order valence-electron chi connectivity index (χ0n) is 21.0. The molecule has 0 aliphatic carbocycles. The number of alkyl halides is 3. The molecule has 3 aromatic rings. The van der Waals surface area contributed by atoms with E-state index in [0.29, 0.717) is 35.6 Å². The number of benzene rings is 1. The molecule has 0 atom stereocenters. The first-order valence-electron chi connectivity index (χ1n) is 11.9. The summed E-state index contributed by atoms with van der Waals surface area (Å²) >= 11 is 6.37. The van der Waals surface area contributed by atoms with Crippen LogP contribution in [-0.2, 0) is 17.6 Å². The SMILES string of the molecule is CCCc1cc(-c2nc(-c3cc(CCC(=O)C(C)(C)C(F)(F)F)ccc3Cl)[nH]c(=O)n2)cnc1OCC. The minimum atomic E-state index is -4.64. The number of aromatic amines is 1. The fraction of sp³-hybridized carbons (Fsp3) is 0.423. The molecular weight excluding hydrogens is 509 g/mol. The largest absolute Gasteiger partial charge is 0.478 e. The molecular formula is C26H28ClF3N4O3. The van der Waals surface area contributed by atoms with Gasteiger partial charge in [-0.3, -0.25) is 9.78 Å². The van der Waals surface area contributed by atoms with E-state index in [-0.39, 0.29) is 29.5 Å². The second-order valence-corrected chi connectivity index (χ2v) is 9.46. The van der Waals surface area contributed by atoms with Crippen molar-refractivity contribution < 1.29 is 22.7 Å². The summed E-state index contributed by atoms with van der Waals surface area (Å²) in [6.07, 6.45) is -1.79. The number of nitrogens with zero attached hydrogens (tertiary/aromatic N) is 3. The Morgan fingerprint density at radius 3 is 2.49 bits per heavy atom. The summed E-state index contributed by atoms with van der Waals surface area (Å²) < 4.78 is 45.2. The van der Waals surface area contributed by atoms with Crippen LogP contribution in [0.2, 0.25) is 5.02 Å². The van der Waals surface area contributed by atoms with Gasteiger partial charge in [0.15, 0.2) is 5.82 Å². The molecule has 0 saturated carbocycles. The molecule has 0 aliphatic heterocycles. The molecule has 1 aromatic carbocycles. The summed E-state index contributed by atoms with van der Waals surface area (Å²) in [4.78, 5) is 40.0. The minimum absolute atomic E-state index is 0.0634. The Morgan fingerprint density at radius 2 is 1.84 bits per heavy atom. The third kappa shape index (κ3) is 6.54. The van der Waals surface area contributed by atoms with E-state index >= 15 is 0 Å². The fourth-order valence-electron chi connectivity index (χ4n) is 3.61. The number of carbonyl (C=O) groups excluding carboxylic acids is 1. The first-order chi connectivity index (χ1) is 17.4. The Kier molecular flexibility index (Phi) is 8.73. The number of aryl methyl sites for hydroxylation is 2. The van der Waals surface area contributed by atoms with Gasteiger partial charge in [0.25, 0.3) is 0 Å². The van der Waals surface area contributed by atoms with Crippen LogP contribution in [0.25, 0.3) is 22.8 Å². The van der Waals surface area contributed by atoms with E-state index in [1.807, 2.05) is 19.9 Å². The molecule has 0 bridgehead atoms. The van der Waals surface area contributed by atoms with Gasteiger partial charge in [-0.05, 0) is 57.4 Å². The fourth-order valence-corrected chi connectivity index (χ4v) is 3.82. The third-order valence-electron chi connectivity index (χ3n) is 5.97. The molecule has 2 aromatic heterocycles. The molecule has 0 saturated heterocycles. The van der Waals surface area contributed by atoms with Crippen molar-refractivity contribution in [1.29, 1.82) is 0 Å². The van der Waals surface area contributed by atoms with Gasteiger partial charge in [-0.25, -0.2) is 14.8 Å². The molecule has 0 aliphatic rings. The zero-order chi connectivity index (χ0) is 27.4. The van der Waals surface area contributed by atoms with E-state index in [2.05, 4.69) is 19.9 Å². The van der Waals surface area contributed by atoms with E-state index in [1.54, 1.807) is 18.2 Å². The van der Waals surface area contributed by atoms with Gasteiger partial charge in [0.1, 0.15) is 17.0 Å². The Bertz CT molecular complexity index is 1340. The molecule has 7 nitrogen and oxygen atoms in total. The number of hydrogen-bond acceptors (Lipinski definition) is 6. The van der Waals surface area contributed by atoms with Crippen molar-refractivity contribution in [3.63, 3.8) is 0 Å². The number of rotatable bonds is 10. The van der Waals surface area contributed by atoms with Crippen LogP contribution in [0.15, 0.2) is 35.3 Å². The zero-order valence-corrected chi connectivity index (χ0v) is 21.8. The van der Waals surface area contributed by atoms with Crippen molar-refractivity contribution >= 4 is 17.4 Å². The highest BCUT2D eigenvalue weighted by atomic mass is 35.5. The number of ether oxygens (including phenoxy) is 1. The first kappa shape index (κ1) is 28.3. The molecule has 198 valence electrons. The van der Waals surface area contributed by atoms with Crippen LogP contribution < -0.4 is 10.4 Å². The summed E-state index contributed by atoms with van der Waals surface area (Å²) in [5, 5.41) is 0.266. The predicted octanol–water partition coefficient (Wildman–Crippen LogP) is 5.99. The molecule has 0 radical (unpaired) electrons. The Labute approximate surface area is 217 Å². The van der Waals surface area contributed by atoms with Gasteiger partial charge in [0.2, 0.25) is 5.88 Å². The van der Waals surface area contributed by atoms with E-state index in [1.165, 1.54) is 6.20 Å². The van der Waals surface area contributed by atoms with Crippen LogP contribution >= 0.6 is 11.6 Å². The highest BCUT2D eigenvalue weighted by molar-refractivity contribution is 6.33. The highest BCUT2D eigenvalue weighted by Gasteiger charge is 2.51. The summed E-state index contributed by atoms with van der Waals surface area (Å²) in [7, 11) is 0. The monoisotopic (exact) mass is 536 g/mol. The van der Waals surface area contributed by atoms with Crippen molar-refractivity contribution in [3.05, 3.63) is 57.1 Å². The number of nitrogens with one attached hydrogen (secondary N) is 1. The molecule has 0 amide bonds. The number of ketones is 1. The van der Waals surface area contributed by atoms with Crippen molar-refractivity contribution in [2.24, 2.45) is 5.41 Å². The summed E-state index contributed by atoms with van der Waals surface area (Å²) in [6, 6.07) is 6.58. The first-order valence-corrected chi connectivity index (χ1v) is 12.2. The molecule has 3 rings (SSSR count). The second-order valence-electron chi connectivity index (χ2n) is 9.06. The van der Waals surface area contributed by atoms with Crippen molar-refractivity contribution in [2.45, 2.75) is 59.6 Å². The standard InChI is InChI=1S/C26H28ClF3N4O3/c1-5-7-16-13-17(14-31-23(16)37-6-2)21-32-22(34-24(36)33-21)18-12-15(8-10-19(18)27)9-11-20(35)25(3,4)26(28,29)30/h8,10,12-14H,5-7,9,11H2,1-4H3,(H,32,33,34,36). The van der Waals surface area contributed by atoms with E-state index in [9.17, 15) is 22.8 Å². The Hall–Kier alpha value is -3.27. The molecule has 0 unspecified atom stereocenters. The van der Waals surface area contributed by atoms with Gasteiger partial charge in [-0.2, -0.15) is 18.2 Å². The van der Waals surface area contributed by atoms with Crippen LogP contribution in [0, 0.1) is 5.41 Å². The summed E-state index contributed by atoms with van der Waals surface area (Å²) in [5.41, 5.74) is -0.799. The van der Waals surface area contributed by atoms with Gasteiger partial charge in [-0.15, -0.1) is 0 Å². The summed E-state index contributed by atoms with van der Waals surface area (Å²) in [6.45, 7) is 6.09. The molecule has 1 N–H and O–H groups in total. The highest BCUT2D eigenvalue weighted by Crippen LogP contribution is 2.39. The average molecular weight is 537 g/mol. The third-order valence-corrected chi connectivity index (χ3v) is 6.30. The number of hydrogen-bond donors (Lipinski definition) is 1. The number of aromatic nitrogens is 4. The second kappa shape index (κ2) is 11.4. The molecule has 11 heteroatoms. The molecule has 37 heavy (non-hydrogen) atoms. The maximum absolute atomic E-state index is 13.2. The van der Waals surface area contributed by atoms with E-state index in [4.69, 9.17) is 16.3 Å². The van der Waals surface area contributed by atoms with Crippen molar-refractivity contribution in [1.82, 2.24) is 19.9 Å². The van der Waals surface area contributed by atoms with E-state index in [0.717, 1.165) is 25.8 Å². The maximum Gasteiger partial charge on any atom is 0.400 e. The topological polar surface area (TPSA) is 97.8 Å². The lowest BCUT2D eigenvalue weighted by atomic mass is 9.84. The number of pyridine rings is 1. The number of Topliss-reactive ketones (excluding diaryl/α,β-unsaturated/α-hetero) is 1. The van der Waals surface area contributed by atoms with Crippen molar-refractivity contribution in [3.8, 4) is 28.7 Å². The lowest BCUT2D eigenvalue weighted by molar-refractivity contribution is -0.210. The molecule has 2 heterocycles. The lowest BCUT2D eigenvalue weighted by Crippen LogP contribution is -2.39.